The van der Waals surface area contributed by atoms with Crippen LogP contribution in [0.15, 0.2) is 30.3 Å². The van der Waals surface area contributed by atoms with Gasteiger partial charge >= 0.3 is 0 Å². The third-order valence-electron chi connectivity index (χ3n) is 3.05. The standard InChI is InChI=1S/C16H19ClN2O2/c1-11(2)12-5-4-6-13(9-12)21-8-7-15-18-14(17)10-16(19-15)20-3/h4-6,9-11H,7-8H2,1-3H3. The van der Waals surface area contributed by atoms with Crippen LogP contribution in [-0.4, -0.2) is 23.7 Å². The lowest BCUT2D eigenvalue weighted by molar-refractivity contribution is 0.317. The molecule has 0 radical (unpaired) electrons. The fourth-order valence-corrected chi connectivity index (χ4v) is 2.07. The topological polar surface area (TPSA) is 44.2 Å². The van der Waals surface area contributed by atoms with Gasteiger partial charge in [-0.3, -0.25) is 0 Å². The average molecular weight is 307 g/mol. The summed E-state index contributed by atoms with van der Waals surface area (Å²) in [5, 5.41) is 0.374. The maximum atomic E-state index is 5.91. The second-order valence-electron chi connectivity index (χ2n) is 4.97. The molecule has 0 aliphatic heterocycles. The van der Waals surface area contributed by atoms with E-state index in [1.165, 1.54) is 5.56 Å². The third kappa shape index (κ3) is 4.60. The second-order valence-corrected chi connectivity index (χ2v) is 5.36. The van der Waals surface area contributed by atoms with Gasteiger partial charge in [0, 0.05) is 12.5 Å². The van der Waals surface area contributed by atoms with E-state index in [-0.39, 0.29) is 0 Å². The van der Waals surface area contributed by atoms with Crippen LogP contribution >= 0.6 is 11.6 Å². The van der Waals surface area contributed by atoms with E-state index in [2.05, 4.69) is 35.9 Å². The summed E-state index contributed by atoms with van der Waals surface area (Å²) in [5.74, 6) is 2.41. The highest BCUT2D eigenvalue weighted by atomic mass is 35.5. The summed E-state index contributed by atoms with van der Waals surface area (Å²) in [5.41, 5.74) is 1.26. The van der Waals surface area contributed by atoms with Crippen molar-refractivity contribution >= 4 is 11.6 Å². The van der Waals surface area contributed by atoms with Gasteiger partial charge in [-0.25, -0.2) is 4.98 Å². The number of methoxy groups -OCH3 is 1. The first-order valence-corrected chi connectivity index (χ1v) is 7.26. The highest BCUT2D eigenvalue weighted by Crippen LogP contribution is 2.20. The van der Waals surface area contributed by atoms with Crippen molar-refractivity contribution in [1.29, 1.82) is 0 Å². The maximum absolute atomic E-state index is 5.91. The van der Waals surface area contributed by atoms with Crippen LogP contribution in [0, 0.1) is 0 Å². The predicted octanol–water partition coefficient (Wildman–Crippen LogP) is 3.88. The molecule has 0 unspecified atom stereocenters. The fraction of sp³-hybridized carbons (Fsp3) is 0.375. The molecule has 0 saturated carbocycles. The summed E-state index contributed by atoms with van der Waals surface area (Å²) >= 11 is 5.91. The van der Waals surface area contributed by atoms with E-state index in [9.17, 15) is 0 Å². The smallest absolute Gasteiger partial charge is 0.217 e. The van der Waals surface area contributed by atoms with Gasteiger partial charge in [0.25, 0.3) is 0 Å². The lowest BCUT2D eigenvalue weighted by Crippen LogP contribution is -2.06. The van der Waals surface area contributed by atoms with Crippen molar-refractivity contribution in [3.63, 3.8) is 0 Å². The molecule has 0 aliphatic carbocycles. The molecule has 112 valence electrons. The number of halogens is 1. The Labute approximate surface area is 130 Å². The molecule has 0 spiro atoms. The summed E-state index contributed by atoms with van der Waals surface area (Å²) in [7, 11) is 1.55. The number of hydrogen-bond acceptors (Lipinski definition) is 4. The van der Waals surface area contributed by atoms with Gasteiger partial charge in [0.15, 0.2) is 0 Å². The van der Waals surface area contributed by atoms with E-state index in [0.29, 0.717) is 35.8 Å². The number of rotatable bonds is 6. The minimum Gasteiger partial charge on any atom is -0.493 e. The minimum atomic E-state index is 0.374. The number of nitrogens with zero attached hydrogens (tertiary/aromatic N) is 2. The van der Waals surface area contributed by atoms with Gasteiger partial charge in [-0.2, -0.15) is 4.98 Å². The van der Waals surface area contributed by atoms with Gasteiger partial charge in [0.2, 0.25) is 5.88 Å². The van der Waals surface area contributed by atoms with Crippen LogP contribution in [0.1, 0.15) is 31.2 Å². The zero-order valence-corrected chi connectivity index (χ0v) is 13.2. The predicted molar refractivity (Wildman–Crippen MR) is 83.3 cm³/mol. The molecule has 0 saturated heterocycles. The van der Waals surface area contributed by atoms with Crippen molar-refractivity contribution in [3.05, 3.63) is 46.9 Å². The van der Waals surface area contributed by atoms with E-state index in [1.807, 2.05) is 12.1 Å². The van der Waals surface area contributed by atoms with Crippen LogP contribution in [0.25, 0.3) is 0 Å². The second kappa shape index (κ2) is 7.27. The molecule has 0 atom stereocenters. The van der Waals surface area contributed by atoms with E-state index in [0.717, 1.165) is 5.75 Å². The minimum absolute atomic E-state index is 0.374. The largest absolute Gasteiger partial charge is 0.493 e. The summed E-state index contributed by atoms with van der Waals surface area (Å²) in [4.78, 5) is 8.38. The van der Waals surface area contributed by atoms with Crippen molar-refractivity contribution < 1.29 is 9.47 Å². The SMILES string of the molecule is COc1cc(Cl)nc(CCOc2cccc(C(C)C)c2)n1. The molecule has 0 bridgehead atoms. The molecule has 1 aromatic heterocycles. The molecule has 2 rings (SSSR count). The van der Waals surface area contributed by atoms with E-state index in [4.69, 9.17) is 21.1 Å². The number of ether oxygens (including phenoxy) is 2. The Balaban J connectivity index is 1.95. The van der Waals surface area contributed by atoms with Crippen molar-refractivity contribution in [2.75, 3.05) is 13.7 Å². The highest BCUT2D eigenvalue weighted by Gasteiger charge is 2.05. The molecule has 0 N–H and O–H groups in total. The van der Waals surface area contributed by atoms with Gasteiger partial charge in [0.05, 0.1) is 13.7 Å². The third-order valence-corrected chi connectivity index (χ3v) is 3.24. The Morgan fingerprint density at radius 3 is 2.71 bits per heavy atom. The Kier molecular flexibility index (Phi) is 5.39. The summed E-state index contributed by atoms with van der Waals surface area (Å²) in [6.45, 7) is 4.81. The van der Waals surface area contributed by atoms with Gasteiger partial charge in [0.1, 0.15) is 16.7 Å². The Hall–Kier alpha value is -1.81. The molecule has 5 heteroatoms. The maximum Gasteiger partial charge on any atom is 0.217 e. The van der Waals surface area contributed by atoms with Crippen LogP contribution in [0.2, 0.25) is 5.15 Å². The molecule has 2 aromatic rings. The normalized spacial score (nSPS) is 10.7. The summed E-state index contributed by atoms with van der Waals surface area (Å²) in [6, 6.07) is 9.69. The lowest BCUT2D eigenvalue weighted by atomic mass is 10.0. The van der Waals surface area contributed by atoms with Crippen molar-refractivity contribution in [1.82, 2.24) is 9.97 Å². The van der Waals surface area contributed by atoms with Gasteiger partial charge in [-0.1, -0.05) is 37.6 Å². The summed E-state index contributed by atoms with van der Waals surface area (Å²) < 4.78 is 10.8. The Morgan fingerprint density at radius 1 is 1.19 bits per heavy atom. The van der Waals surface area contributed by atoms with E-state index >= 15 is 0 Å². The first-order valence-electron chi connectivity index (χ1n) is 6.88. The van der Waals surface area contributed by atoms with E-state index in [1.54, 1.807) is 13.2 Å². The van der Waals surface area contributed by atoms with E-state index < -0.39 is 0 Å². The van der Waals surface area contributed by atoms with Gasteiger partial charge < -0.3 is 9.47 Å². The van der Waals surface area contributed by atoms with Crippen molar-refractivity contribution in [3.8, 4) is 11.6 Å². The molecule has 1 aromatic carbocycles. The molecule has 4 nitrogen and oxygen atoms in total. The molecular formula is C16H19ClN2O2. The number of benzene rings is 1. The lowest BCUT2D eigenvalue weighted by Gasteiger charge is -2.10. The molecule has 0 amide bonds. The van der Waals surface area contributed by atoms with Gasteiger partial charge in [-0.15, -0.1) is 0 Å². The molecule has 21 heavy (non-hydrogen) atoms. The molecule has 1 heterocycles. The van der Waals surface area contributed by atoms with Crippen LogP contribution < -0.4 is 9.47 Å². The average Bonchev–Trinajstić information content (AvgIpc) is 2.47. The van der Waals surface area contributed by atoms with Crippen LogP contribution in [0.5, 0.6) is 11.6 Å². The summed E-state index contributed by atoms with van der Waals surface area (Å²) in [6.07, 6.45) is 0.572. The Morgan fingerprint density at radius 2 is 2.00 bits per heavy atom. The monoisotopic (exact) mass is 306 g/mol. The highest BCUT2D eigenvalue weighted by molar-refractivity contribution is 6.29. The van der Waals surface area contributed by atoms with Crippen molar-refractivity contribution in [2.24, 2.45) is 0 Å². The van der Waals surface area contributed by atoms with Crippen LogP contribution in [0.4, 0.5) is 0 Å². The zero-order valence-electron chi connectivity index (χ0n) is 12.5. The molecular weight excluding hydrogens is 288 g/mol. The molecule has 0 fully saturated rings. The number of hydrogen-bond donors (Lipinski definition) is 0. The quantitative estimate of drug-likeness (QED) is 0.760. The molecule has 0 aliphatic rings. The first-order chi connectivity index (χ1) is 10.1. The first kappa shape index (κ1) is 15.6. The number of aromatic nitrogens is 2. The fourth-order valence-electron chi connectivity index (χ4n) is 1.88. The Bertz CT molecular complexity index is 603. The zero-order chi connectivity index (χ0) is 15.2. The van der Waals surface area contributed by atoms with Crippen molar-refractivity contribution in [2.45, 2.75) is 26.2 Å². The van der Waals surface area contributed by atoms with Gasteiger partial charge in [-0.05, 0) is 23.6 Å². The van der Waals surface area contributed by atoms with Crippen LogP contribution in [0.3, 0.4) is 0 Å². The van der Waals surface area contributed by atoms with Crippen LogP contribution in [-0.2, 0) is 6.42 Å².